The fourth-order valence-corrected chi connectivity index (χ4v) is 3.28. The van der Waals surface area contributed by atoms with Crippen molar-refractivity contribution in [1.29, 1.82) is 0 Å². The Kier molecular flexibility index (Phi) is 7.37. The van der Waals surface area contributed by atoms with Crippen LogP contribution in [0.3, 0.4) is 0 Å². The SMILES string of the molecule is COc1cccc(C(CN=C(N)NC2CCCCCC2)N(C)C)c1. The first kappa shape index (κ1) is 18.6. The molecule has 5 nitrogen and oxygen atoms in total. The van der Waals surface area contributed by atoms with Crippen LogP contribution in [0.2, 0.25) is 0 Å². The minimum atomic E-state index is 0.176. The second-order valence-electron chi connectivity index (χ2n) is 6.81. The number of guanidine groups is 1. The summed E-state index contributed by atoms with van der Waals surface area (Å²) in [5.41, 5.74) is 7.32. The van der Waals surface area contributed by atoms with Gasteiger partial charge in [0.2, 0.25) is 0 Å². The van der Waals surface area contributed by atoms with E-state index in [9.17, 15) is 0 Å². The molecule has 0 bridgehead atoms. The fraction of sp³-hybridized carbons (Fsp3) is 0.632. The van der Waals surface area contributed by atoms with Crippen LogP contribution in [-0.2, 0) is 0 Å². The smallest absolute Gasteiger partial charge is 0.188 e. The zero-order valence-electron chi connectivity index (χ0n) is 15.3. The third-order valence-electron chi connectivity index (χ3n) is 4.74. The van der Waals surface area contributed by atoms with Crippen molar-refractivity contribution in [2.75, 3.05) is 27.7 Å². The molecule has 1 unspecified atom stereocenters. The largest absolute Gasteiger partial charge is 0.497 e. The van der Waals surface area contributed by atoms with Crippen LogP contribution in [0.4, 0.5) is 0 Å². The van der Waals surface area contributed by atoms with E-state index in [-0.39, 0.29) is 6.04 Å². The molecule has 5 heteroatoms. The standard InChI is InChI=1S/C19H32N4O/c1-23(2)18(15-9-8-12-17(13-15)24-3)14-21-19(20)22-16-10-6-4-5-7-11-16/h8-9,12-13,16,18H,4-7,10-11,14H2,1-3H3,(H3,20,21,22). The highest BCUT2D eigenvalue weighted by molar-refractivity contribution is 5.78. The molecule has 1 aromatic carbocycles. The van der Waals surface area contributed by atoms with Crippen LogP contribution in [0, 0.1) is 0 Å². The maximum Gasteiger partial charge on any atom is 0.188 e. The molecular weight excluding hydrogens is 300 g/mol. The highest BCUT2D eigenvalue weighted by atomic mass is 16.5. The maximum atomic E-state index is 6.13. The Morgan fingerprint density at radius 2 is 2.00 bits per heavy atom. The van der Waals surface area contributed by atoms with Crippen molar-refractivity contribution >= 4 is 5.96 Å². The van der Waals surface area contributed by atoms with E-state index in [1.165, 1.54) is 44.1 Å². The summed E-state index contributed by atoms with van der Waals surface area (Å²) >= 11 is 0. The summed E-state index contributed by atoms with van der Waals surface area (Å²) in [4.78, 5) is 6.77. The molecule has 1 atom stereocenters. The Bertz CT molecular complexity index is 522. The van der Waals surface area contributed by atoms with Crippen LogP contribution in [0.1, 0.15) is 50.1 Å². The molecule has 0 saturated heterocycles. The molecule has 3 N–H and O–H groups in total. The fourth-order valence-electron chi connectivity index (χ4n) is 3.28. The van der Waals surface area contributed by atoms with Gasteiger partial charge in [0.05, 0.1) is 19.7 Å². The molecule has 0 radical (unpaired) electrons. The van der Waals surface area contributed by atoms with Crippen molar-refractivity contribution in [3.8, 4) is 5.75 Å². The van der Waals surface area contributed by atoms with Gasteiger partial charge in [0.15, 0.2) is 5.96 Å². The first-order valence-corrected chi connectivity index (χ1v) is 8.97. The molecule has 0 heterocycles. The van der Waals surface area contributed by atoms with E-state index in [1.54, 1.807) is 7.11 Å². The molecule has 1 aliphatic rings. The monoisotopic (exact) mass is 332 g/mol. The van der Waals surface area contributed by atoms with Crippen LogP contribution < -0.4 is 15.8 Å². The van der Waals surface area contributed by atoms with Crippen LogP contribution in [-0.4, -0.2) is 44.7 Å². The van der Waals surface area contributed by atoms with Gasteiger partial charge in [-0.05, 0) is 44.6 Å². The first-order valence-electron chi connectivity index (χ1n) is 8.97. The van der Waals surface area contributed by atoms with Gasteiger partial charge in [-0.25, -0.2) is 0 Å². The summed E-state index contributed by atoms with van der Waals surface area (Å²) in [5, 5.41) is 3.41. The molecule has 0 aromatic heterocycles. The summed E-state index contributed by atoms with van der Waals surface area (Å²) < 4.78 is 5.33. The van der Waals surface area contributed by atoms with Gasteiger partial charge in [-0.3, -0.25) is 4.99 Å². The van der Waals surface area contributed by atoms with Gasteiger partial charge in [0, 0.05) is 6.04 Å². The number of nitrogens with zero attached hydrogens (tertiary/aromatic N) is 2. The molecule has 24 heavy (non-hydrogen) atoms. The lowest BCUT2D eigenvalue weighted by Gasteiger charge is -2.24. The van der Waals surface area contributed by atoms with Gasteiger partial charge < -0.3 is 20.7 Å². The Balaban J connectivity index is 1.98. The molecular formula is C19H32N4O. The molecule has 1 aromatic rings. The molecule has 0 amide bonds. The number of hydrogen-bond acceptors (Lipinski definition) is 3. The van der Waals surface area contributed by atoms with Gasteiger partial charge >= 0.3 is 0 Å². The van der Waals surface area contributed by atoms with Crippen molar-refractivity contribution < 1.29 is 4.74 Å². The Hall–Kier alpha value is -1.75. The highest BCUT2D eigenvalue weighted by Crippen LogP contribution is 2.23. The number of aliphatic imine (C=N–C) groups is 1. The minimum absolute atomic E-state index is 0.176. The lowest BCUT2D eigenvalue weighted by Crippen LogP contribution is -2.40. The number of hydrogen-bond donors (Lipinski definition) is 2. The number of benzene rings is 1. The number of methoxy groups -OCH3 is 1. The minimum Gasteiger partial charge on any atom is -0.497 e. The summed E-state index contributed by atoms with van der Waals surface area (Å²) in [6, 6.07) is 8.80. The average molecular weight is 332 g/mol. The Labute approximate surface area is 146 Å². The molecule has 0 spiro atoms. The number of likely N-dealkylation sites (N-methyl/N-ethyl adjacent to an activating group) is 1. The molecule has 2 rings (SSSR count). The van der Waals surface area contributed by atoms with Crippen LogP contribution in [0.25, 0.3) is 0 Å². The van der Waals surface area contributed by atoms with E-state index >= 15 is 0 Å². The molecule has 1 aliphatic carbocycles. The third-order valence-corrected chi connectivity index (χ3v) is 4.74. The first-order chi connectivity index (χ1) is 11.6. The molecule has 1 fully saturated rings. The van der Waals surface area contributed by atoms with Crippen molar-refractivity contribution in [3.63, 3.8) is 0 Å². The van der Waals surface area contributed by atoms with Crippen molar-refractivity contribution in [3.05, 3.63) is 29.8 Å². The van der Waals surface area contributed by atoms with Gasteiger partial charge in [0.1, 0.15) is 5.75 Å². The van der Waals surface area contributed by atoms with E-state index in [2.05, 4.69) is 41.4 Å². The van der Waals surface area contributed by atoms with Crippen LogP contribution in [0.15, 0.2) is 29.3 Å². The number of rotatable bonds is 6. The summed E-state index contributed by atoms with van der Waals surface area (Å²) in [6.07, 6.45) is 7.65. The van der Waals surface area contributed by atoms with E-state index in [0.717, 1.165) is 5.75 Å². The van der Waals surface area contributed by atoms with Gasteiger partial charge in [-0.1, -0.05) is 37.8 Å². The average Bonchev–Trinajstić information content (AvgIpc) is 2.83. The van der Waals surface area contributed by atoms with E-state index in [0.29, 0.717) is 18.5 Å². The lowest BCUT2D eigenvalue weighted by atomic mass is 10.1. The maximum absolute atomic E-state index is 6.13. The Morgan fingerprint density at radius 1 is 1.29 bits per heavy atom. The van der Waals surface area contributed by atoms with Gasteiger partial charge in [0.25, 0.3) is 0 Å². The quantitative estimate of drug-likeness (QED) is 0.478. The highest BCUT2D eigenvalue weighted by Gasteiger charge is 2.16. The number of ether oxygens (including phenoxy) is 1. The molecule has 0 aliphatic heterocycles. The van der Waals surface area contributed by atoms with Crippen molar-refractivity contribution in [1.82, 2.24) is 10.2 Å². The normalized spacial score (nSPS) is 18.2. The predicted octanol–water partition coefficient (Wildman–Crippen LogP) is 2.93. The Morgan fingerprint density at radius 3 is 2.62 bits per heavy atom. The van der Waals surface area contributed by atoms with Gasteiger partial charge in [-0.2, -0.15) is 0 Å². The zero-order valence-corrected chi connectivity index (χ0v) is 15.3. The topological polar surface area (TPSA) is 62.9 Å². The molecule has 1 saturated carbocycles. The predicted molar refractivity (Wildman–Crippen MR) is 101 cm³/mol. The third kappa shape index (κ3) is 5.71. The number of nitrogens with two attached hydrogens (primary N) is 1. The zero-order chi connectivity index (χ0) is 17.4. The van der Waals surface area contributed by atoms with Crippen LogP contribution in [0.5, 0.6) is 5.75 Å². The van der Waals surface area contributed by atoms with Crippen molar-refractivity contribution in [2.24, 2.45) is 10.7 Å². The summed E-state index contributed by atoms with van der Waals surface area (Å²) in [6.45, 7) is 0.631. The van der Waals surface area contributed by atoms with Crippen molar-refractivity contribution in [2.45, 2.75) is 50.6 Å². The summed E-state index contributed by atoms with van der Waals surface area (Å²) in [7, 11) is 5.82. The van der Waals surface area contributed by atoms with E-state index in [4.69, 9.17) is 10.5 Å². The van der Waals surface area contributed by atoms with E-state index in [1.807, 2.05) is 12.1 Å². The van der Waals surface area contributed by atoms with E-state index < -0.39 is 0 Å². The van der Waals surface area contributed by atoms with Crippen LogP contribution >= 0.6 is 0 Å². The summed E-state index contributed by atoms with van der Waals surface area (Å²) in [5.74, 6) is 1.43. The second-order valence-corrected chi connectivity index (χ2v) is 6.81. The van der Waals surface area contributed by atoms with Gasteiger partial charge in [-0.15, -0.1) is 0 Å². The lowest BCUT2D eigenvalue weighted by molar-refractivity contribution is 0.305. The second kappa shape index (κ2) is 9.52. The number of nitrogens with one attached hydrogen (secondary N) is 1. The molecule has 134 valence electrons.